The Bertz CT molecular complexity index is 928. The quantitative estimate of drug-likeness (QED) is 0.476. The molecular formula is C19H14F3N3OS. The number of halogens is 3. The second kappa shape index (κ2) is 7.82. The number of alkyl halides is 3. The van der Waals surface area contributed by atoms with Gasteiger partial charge in [-0.3, -0.25) is 10.4 Å². The molecule has 3 rings (SSSR count). The fourth-order valence-corrected chi connectivity index (χ4v) is 3.22. The average molecular weight is 389 g/mol. The number of nitrogens with zero attached hydrogens (tertiary/aromatic N) is 2. The molecule has 0 spiro atoms. The van der Waals surface area contributed by atoms with Gasteiger partial charge in [0, 0.05) is 0 Å². The minimum Gasteiger partial charge on any atom is -0.276 e. The van der Waals surface area contributed by atoms with Crippen LogP contribution in [-0.2, 0) is 11.0 Å². The number of rotatable bonds is 4. The van der Waals surface area contributed by atoms with Gasteiger partial charge < -0.3 is 0 Å². The lowest BCUT2D eigenvalue weighted by Crippen LogP contribution is -2.15. The van der Waals surface area contributed by atoms with E-state index in [9.17, 15) is 18.0 Å². The molecule has 0 saturated carbocycles. The number of thioether (sulfide) groups is 1. The molecule has 0 bridgehead atoms. The van der Waals surface area contributed by atoms with E-state index in [-0.39, 0.29) is 5.50 Å². The van der Waals surface area contributed by atoms with Crippen LogP contribution in [0.5, 0.6) is 0 Å². The third-order valence-electron chi connectivity index (χ3n) is 3.82. The minimum absolute atomic E-state index is 0.357. The third-order valence-corrected chi connectivity index (χ3v) is 4.87. The Morgan fingerprint density at radius 1 is 1.11 bits per heavy atom. The highest BCUT2D eigenvalue weighted by molar-refractivity contribution is 8.05. The van der Waals surface area contributed by atoms with Crippen LogP contribution >= 0.6 is 11.8 Å². The van der Waals surface area contributed by atoms with Gasteiger partial charge in [-0.1, -0.05) is 48.2 Å². The van der Waals surface area contributed by atoms with Gasteiger partial charge in [-0.05, 0) is 35.7 Å². The van der Waals surface area contributed by atoms with Crippen molar-refractivity contribution in [2.45, 2.75) is 18.6 Å². The van der Waals surface area contributed by atoms with E-state index in [4.69, 9.17) is 0 Å². The molecule has 1 unspecified atom stereocenters. The van der Waals surface area contributed by atoms with Crippen LogP contribution in [0.1, 0.15) is 18.1 Å². The first kappa shape index (κ1) is 18.9. The molecule has 1 aliphatic heterocycles. The maximum Gasteiger partial charge on any atom is 0.416 e. The maximum absolute atomic E-state index is 12.6. The number of carbonyl (C=O) groups excluding carboxylic acids is 1. The first-order chi connectivity index (χ1) is 12.9. The summed E-state index contributed by atoms with van der Waals surface area (Å²) in [5.41, 5.74) is 4.75. The molecule has 1 N–H and O–H groups in total. The van der Waals surface area contributed by atoms with Crippen LogP contribution in [0.3, 0.4) is 0 Å². The van der Waals surface area contributed by atoms with E-state index in [1.807, 2.05) is 30.2 Å². The van der Waals surface area contributed by atoms with Crippen molar-refractivity contribution in [2.24, 2.45) is 10.1 Å². The topological polar surface area (TPSA) is 53.8 Å². The summed E-state index contributed by atoms with van der Waals surface area (Å²) in [5.74, 6) is 1.83. The molecule has 4 nitrogen and oxygen atoms in total. The van der Waals surface area contributed by atoms with E-state index in [1.165, 1.54) is 23.9 Å². The molecule has 1 heterocycles. The normalized spacial score (nSPS) is 17.1. The lowest BCUT2D eigenvalue weighted by Gasteiger charge is -2.08. The predicted molar refractivity (Wildman–Crippen MR) is 101 cm³/mol. The van der Waals surface area contributed by atoms with E-state index in [2.05, 4.69) is 15.5 Å². The van der Waals surface area contributed by atoms with Crippen molar-refractivity contribution in [3.63, 3.8) is 0 Å². The first-order valence-corrected chi connectivity index (χ1v) is 8.77. The molecule has 27 heavy (non-hydrogen) atoms. The van der Waals surface area contributed by atoms with Crippen LogP contribution in [0.2, 0.25) is 0 Å². The molecule has 138 valence electrons. The molecule has 1 atom stereocenters. The molecule has 2 aromatic rings. The number of hydrogen-bond acceptors (Lipinski definition) is 5. The molecule has 1 aliphatic rings. The van der Waals surface area contributed by atoms with Gasteiger partial charge in [0.2, 0.25) is 0 Å². The van der Waals surface area contributed by atoms with Crippen molar-refractivity contribution in [1.82, 2.24) is 5.43 Å². The monoisotopic (exact) mass is 389 g/mol. The van der Waals surface area contributed by atoms with Gasteiger partial charge >= 0.3 is 6.18 Å². The van der Waals surface area contributed by atoms with Gasteiger partial charge in [0.05, 0.1) is 17.5 Å². The maximum atomic E-state index is 12.6. The van der Waals surface area contributed by atoms with E-state index in [0.717, 1.165) is 23.3 Å². The zero-order valence-corrected chi connectivity index (χ0v) is 14.9. The Morgan fingerprint density at radius 3 is 2.22 bits per heavy atom. The highest BCUT2D eigenvalue weighted by Crippen LogP contribution is 2.31. The zero-order chi connectivity index (χ0) is 19.4. The van der Waals surface area contributed by atoms with E-state index in [1.54, 1.807) is 13.1 Å². The smallest absolute Gasteiger partial charge is 0.276 e. The lowest BCUT2D eigenvalue weighted by atomic mass is 10.0. The average Bonchev–Trinajstić information content (AvgIpc) is 3.01. The third kappa shape index (κ3) is 4.67. The van der Waals surface area contributed by atoms with Crippen LogP contribution in [0.15, 0.2) is 63.5 Å². The molecule has 8 heteroatoms. The highest BCUT2D eigenvalue weighted by Gasteiger charge is 2.29. The Hall–Kier alpha value is -2.83. The van der Waals surface area contributed by atoms with Gasteiger partial charge in [-0.2, -0.15) is 18.3 Å². The summed E-state index contributed by atoms with van der Waals surface area (Å²) in [6.45, 7) is 1.73. The zero-order valence-electron chi connectivity index (χ0n) is 14.1. The first-order valence-electron chi connectivity index (χ1n) is 7.89. The van der Waals surface area contributed by atoms with Gasteiger partial charge in [-0.25, -0.2) is 4.79 Å². The van der Waals surface area contributed by atoms with E-state index < -0.39 is 11.7 Å². The summed E-state index contributed by atoms with van der Waals surface area (Å²) in [6.07, 6.45) is -2.74. The van der Waals surface area contributed by atoms with Crippen LogP contribution in [0.25, 0.3) is 11.1 Å². The molecule has 0 saturated heterocycles. The number of nitrogens with one attached hydrogen (secondary N) is 1. The number of hydrazone groups is 1. The molecule has 0 radical (unpaired) electrons. The number of hydrogen-bond donors (Lipinski definition) is 1. The standard InChI is InChI=1S/C19H14F3N3OS/c1-12-17(11-26)27-18(24-12)25-23-10-13-2-4-14(5-3-13)15-6-8-16(9-7-15)19(20,21)22/h2-10,18,25H,1H3. The predicted octanol–water partition coefficient (Wildman–Crippen LogP) is 4.50. The summed E-state index contributed by atoms with van der Waals surface area (Å²) >= 11 is 1.24. The van der Waals surface area contributed by atoms with Gasteiger partial charge in [-0.15, -0.1) is 0 Å². The van der Waals surface area contributed by atoms with Crippen LogP contribution < -0.4 is 5.43 Å². The van der Waals surface area contributed by atoms with E-state index >= 15 is 0 Å². The SMILES string of the molecule is CC1=NC(NN=Cc2ccc(-c3ccc(C(F)(F)F)cc3)cc2)SC1=C=O. The molecule has 0 aromatic heterocycles. The fraction of sp³-hybridized carbons (Fsp3) is 0.158. The van der Waals surface area contributed by atoms with Crippen LogP contribution in [-0.4, -0.2) is 23.4 Å². The van der Waals surface area contributed by atoms with Gasteiger partial charge in [0.15, 0.2) is 5.50 Å². The molecular weight excluding hydrogens is 375 g/mol. The van der Waals surface area contributed by atoms with Crippen LogP contribution in [0.4, 0.5) is 13.2 Å². The Labute approximate surface area is 157 Å². The summed E-state index contributed by atoms with van der Waals surface area (Å²) in [7, 11) is 0. The van der Waals surface area contributed by atoms with Crippen molar-refractivity contribution in [2.75, 3.05) is 0 Å². The lowest BCUT2D eigenvalue weighted by molar-refractivity contribution is -0.137. The number of allylic oxidation sites excluding steroid dienone is 1. The van der Waals surface area contributed by atoms with Crippen molar-refractivity contribution < 1.29 is 18.0 Å². The Kier molecular flexibility index (Phi) is 5.48. The van der Waals surface area contributed by atoms with Gasteiger partial charge in [0.25, 0.3) is 0 Å². The van der Waals surface area contributed by atoms with Crippen molar-refractivity contribution in [3.8, 4) is 11.1 Å². The Balaban J connectivity index is 1.63. The summed E-state index contributed by atoms with van der Waals surface area (Å²) < 4.78 is 37.9. The van der Waals surface area contributed by atoms with Crippen molar-refractivity contribution in [1.29, 1.82) is 0 Å². The second-order valence-electron chi connectivity index (χ2n) is 5.70. The molecule has 2 aromatic carbocycles. The van der Waals surface area contributed by atoms with Crippen molar-refractivity contribution >= 4 is 29.6 Å². The Morgan fingerprint density at radius 2 is 1.70 bits per heavy atom. The largest absolute Gasteiger partial charge is 0.416 e. The number of aliphatic imine (C=N–C) groups is 1. The highest BCUT2D eigenvalue weighted by atomic mass is 32.2. The molecule has 0 fully saturated rings. The van der Waals surface area contributed by atoms with Crippen molar-refractivity contribution in [3.05, 3.63) is 64.6 Å². The summed E-state index contributed by atoms with van der Waals surface area (Å²) in [5, 5.41) is 4.10. The summed E-state index contributed by atoms with van der Waals surface area (Å²) in [4.78, 5) is 15.4. The minimum atomic E-state index is -4.34. The molecule has 0 aliphatic carbocycles. The molecule has 0 amide bonds. The fourth-order valence-electron chi connectivity index (χ4n) is 2.40. The van der Waals surface area contributed by atoms with E-state index in [0.29, 0.717) is 16.2 Å². The van der Waals surface area contributed by atoms with Crippen LogP contribution in [0, 0.1) is 0 Å². The summed E-state index contributed by atoms with van der Waals surface area (Å²) in [6, 6.07) is 12.3. The van der Waals surface area contributed by atoms with Gasteiger partial charge in [0.1, 0.15) is 10.8 Å². The number of benzene rings is 2. The second-order valence-corrected chi connectivity index (χ2v) is 6.79.